The van der Waals surface area contributed by atoms with Crippen LogP contribution in [0.3, 0.4) is 0 Å². The van der Waals surface area contributed by atoms with E-state index in [1.807, 2.05) is 18.2 Å². The molecule has 1 N–H and O–H groups in total. The number of carbonyl (C=O) groups is 3. The average molecular weight is 342 g/mol. The van der Waals surface area contributed by atoms with Crippen molar-refractivity contribution in [1.82, 2.24) is 0 Å². The molecular formula is C15H18O7S. The molecule has 0 aliphatic carbocycles. The Morgan fingerprint density at radius 1 is 1.22 bits per heavy atom. The van der Waals surface area contributed by atoms with Gasteiger partial charge in [0, 0.05) is 5.75 Å². The van der Waals surface area contributed by atoms with Gasteiger partial charge >= 0.3 is 11.9 Å². The van der Waals surface area contributed by atoms with Crippen LogP contribution in [0.5, 0.6) is 5.75 Å². The fourth-order valence-corrected chi connectivity index (χ4v) is 2.39. The number of aliphatic carboxylic acids is 1. The minimum Gasteiger partial charge on any atom is -0.490 e. The third-order valence-electron chi connectivity index (χ3n) is 2.57. The van der Waals surface area contributed by atoms with E-state index >= 15 is 0 Å². The first kappa shape index (κ1) is 18.8. The number of para-hydroxylation sites is 1. The fraction of sp³-hybridized carbons (Fsp3) is 0.400. The molecular weight excluding hydrogens is 324 g/mol. The standard InChI is InChI=1S/C15H18O7S/c16-11-20-10-13(15(18)19)23-9-6-14(17)22-8-7-21-12-4-2-1-3-5-12/h1-5,11,13H,6-10H2,(H,18,19). The Morgan fingerprint density at radius 3 is 2.61 bits per heavy atom. The van der Waals surface area contributed by atoms with E-state index in [1.54, 1.807) is 12.1 Å². The number of rotatable bonds is 12. The second-order valence-corrected chi connectivity index (χ2v) is 5.57. The summed E-state index contributed by atoms with van der Waals surface area (Å²) in [5.74, 6) is -0.577. The van der Waals surface area contributed by atoms with Crippen molar-refractivity contribution in [2.45, 2.75) is 11.7 Å². The number of carboxylic acids is 1. The van der Waals surface area contributed by atoms with Crippen molar-refractivity contribution in [2.75, 3.05) is 25.6 Å². The van der Waals surface area contributed by atoms with Crippen LogP contribution in [0.1, 0.15) is 6.42 Å². The summed E-state index contributed by atoms with van der Waals surface area (Å²) >= 11 is 1.02. The second-order valence-electron chi connectivity index (χ2n) is 4.26. The van der Waals surface area contributed by atoms with Crippen molar-refractivity contribution in [2.24, 2.45) is 0 Å². The van der Waals surface area contributed by atoms with Crippen LogP contribution in [0.15, 0.2) is 30.3 Å². The van der Waals surface area contributed by atoms with Crippen LogP contribution in [0.2, 0.25) is 0 Å². The number of ether oxygens (including phenoxy) is 3. The molecule has 0 fully saturated rings. The number of carboxylic acid groups (broad SMARTS) is 1. The molecule has 1 atom stereocenters. The van der Waals surface area contributed by atoms with Crippen molar-refractivity contribution in [3.63, 3.8) is 0 Å². The van der Waals surface area contributed by atoms with Gasteiger partial charge < -0.3 is 19.3 Å². The zero-order valence-corrected chi connectivity index (χ0v) is 13.2. The third-order valence-corrected chi connectivity index (χ3v) is 3.75. The van der Waals surface area contributed by atoms with Gasteiger partial charge in [0.1, 0.15) is 30.8 Å². The summed E-state index contributed by atoms with van der Waals surface area (Å²) in [6, 6.07) is 9.14. The van der Waals surface area contributed by atoms with Crippen LogP contribution in [-0.4, -0.2) is 54.3 Å². The van der Waals surface area contributed by atoms with E-state index < -0.39 is 17.2 Å². The molecule has 0 radical (unpaired) electrons. The summed E-state index contributed by atoms with van der Waals surface area (Å²) in [4.78, 5) is 32.4. The smallest absolute Gasteiger partial charge is 0.320 e. The maximum Gasteiger partial charge on any atom is 0.320 e. The molecule has 0 aromatic heterocycles. The minimum atomic E-state index is -1.10. The van der Waals surface area contributed by atoms with E-state index in [1.165, 1.54) is 0 Å². The van der Waals surface area contributed by atoms with Gasteiger partial charge in [-0.25, -0.2) is 0 Å². The summed E-state index contributed by atoms with van der Waals surface area (Å²) in [6.45, 7) is 0.323. The maximum absolute atomic E-state index is 11.5. The number of thioether (sulfide) groups is 1. The largest absolute Gasteiger partial charge is 0.490 e. The molecule has 0 bridgehead atoms. The van der Waals surface area contributed by atoms with Crippen LogP contribution in [0.4, 0.5) is 0 Å². The van der Waals surface area contributed by atoms with Gasteiger partial charge in [-0.2, -0.15) is 0 Å². The monoisotopic (exact) mass is 342 g/mol. The number of benzene rings is 1. The van der Waals surface area contributed by atoms with E-state index in [0.717, 1.165) is 11.8 Å². The van der Waals surface area contributed by atoms with Gasteiger partial charge in [0.2, 0.25) is 0 Å². The lowest BCUT2D eigenvalue weighted by atomic mass is 10.3. The zero-order valence-electron chi connectivity index (χ0n) is 12.4. The molecule has 126 valence electrons. The predicted octanol–water partition coefficient (Wildman–Crippen LogP) is 1.36. The second kappa shape index (κ2) is 11.4. The Bertz CT molecular complexity index is 492. The Balaban J connectivity index is 2.11. The molecule has 0 aliphatic rings. The molecule has 0 saturated heterocycles. The summed E-state index contributed by atoms with van der Waals surface area (Å²) in [5, 5.41) is 8.00. The van der Waals surface area contributed by atoms with Gasteiger partial charge in [0.05, 0.1) is 6.42 Å². The van der Waals surface area contributed by atoms with Crippen molar-refractivity contribution in [1.29, 1.82) is 0 Å². The fourth-order valence-electron chi connectivity index (χ4n) is 1.51. The highest BCUT2D eigenvalue weighted by molar-refractivity contribution is 8.00. The highest BCUT2D eigenvalue weighted by atomic mass is 32.2. The summed E-state index contributed by atoms with van der Waals surface area (Å²) in [5.41, 5.74) is 0. The Morgan fingerprint density at radius 2 is 1.96 bits per heavy atom. The van der Waals surface area contributed by atoms with Gasteiger partial charge in [-0.15, -0.1) is 11.8 Å². The Hall–Kier alpha value is -2.22. The SMILES string of the molecule is O=COCC(SCCC(=O)OCCOc1ccccc1)C(=O)O. The molecule has 0 spiro atoms. The molecule has 1 rings (SSSR count). The van der Waals surface area contributed by atoms with Gasteiger partial charge in [0.25, 0.3) is 6.47 Å². The third kappa shape index (κ3) is 8.72. The van der Waals surface area contributed by atoms with E-state index in [4.69, 9.17) is 14.6 Å². The lowest BCUT2D eigenvalue weighted by Gasteiger charge is -2.10. The first-order valence-corrected chi connectivity index (χ1v) is 7.91. The molecule has 1 unspecified atom stereocenters. The molecule has 1 aromatic carbocycles. The average Bonchev–Trinajstić information content (AvgIpc) is 2.55. The summed E-state index contributed by atoms with van der Waals surface area (Å²) in [7, 11) is 0. The number of esters is 1. The van der Waals surface area contributed by atoms with Gasteiger partial charge in [-0.05, 0) is 12.1 Å². The predicted molar refractivity (Wildman–Crippen MR) is 83.4 cm³/mol. The highest BCUT2D eigenvalue weighted by Crippen LogP contribution is 2.13. The van der Waals surface area contributed by atoms with Crippen LogP contribution in [-0.2, 0) is 23.9 Å². The summed E-state index contributed by atoms with van der Waals surface area (Å²) in [6.07, 6.45) is 0.0703. The first-order chi connectivity index (χ1) is 11.1. The maximum atomic E-state index is 11.5. The molecule has 1 aromatic rings. The Labute approximate surface area is 137 Å². The number of hydrogen-bond donors (Lipinski definition) is 1. The zero-order chi connectivity index (χ0) is 16.9. The van der Waals surface area contributed by atoms with Gasteiger partial charge in [0.15, 0.2) is 0 Å². The van der Waals surface area contributed by atoms with Gasteiger partial charge in [-0.1, -0.05) is 18.2 Å². The molecule has 0 amide bonds. The number of carbonyl (C=O) groups excluding carboxylic acids is 2. The molecule has 8 heteroatoms. The lowest BCUT2D eigenvalue weighted by molar-refractivity contribution is -0.144. The van der Waals surface area contributed by atoms with Crippen molar-refractivity contribution in [3.8, 4) is 5.75 Å². The van der Waals surface area contributed by atoms with Crippen molar-refractivity contribution >= 4 is 30.2 Å². The molecule has 0 aliphatic heterocycles. The van der Waals surface area contributed by atoms with E-state index in [2.05, 4.69) is 4.74 Å². The van der Waals surface area contributed by atoms with Gasteiger partial charge in [-0.3, -0.25) is 14.4 Å². The molecule has 7 nitrogen and oxygen atoms in total. The topological polar surface area (TPSA) is 99.1 Å². The lowest BCUT2D eigenvalue weighted by Crippen LogP contribution is -2.23. The van der Waals surface area contributed by atoms with Crippen molar-refractivity contribution in [3.05, 3.63) is 30.3 Å². The Kier molecular flexibility index (Phi) is 9.30. The van der Waals surface area contributed by atoms with Crippen LogP contribution < -0.4 is 4.74 Å². The molecule has 0 heterocycles. The minimum absolute atomic E-state index is 0.0703. The van der Waals surface area contributed by atoms with Crippen LogP contribution in [0, 0.1) is 0 Å². The van der Waals surface area contributed by atoms with E-state index in [9.17, 15) is 14.4 Å². The van der Waals surface area contributed by atoms with E-state index in [-0.39, 0.29) is 38.5 Å². The van der Waals surface area contributed by atoms with Crippen LogP contribution >= 0.6 is 11.8 Å². The quantitative estimate of drug-likeness (QED) is 0.345. The molecule has 0 saturated carbocycles. The first-order valence-electron chi connectivity index (χ1n) is 6.86. The van der Waals surface area contributed by atoms with Crippen molar-refractivity contribution < 1.29 is 33.7 Å². The normalized spacial score (nSPS) is 11.3. The highest BCUT2D eigenvalue weighted by Gasteiger charge is 2.19. The summed E-state index contributed by atoms with van der Waals surface area (Å²) < 4.78 is 14.8. The van der Waals surface area contributed by atoms with Crippen LogP contribution in [0.25, 0.3) is 0 Å². The molecule has 23 heavy (non-hydrogen) atoms. The van der Waals surface area contributed by atoms with E-state index in [0.29, 0.717) is 5.75 Å². The number of hydrogen-bond acceptors (Lipinski definition) is 7.